The zero-order valence-corrected chi connectivity index (χ0v) is 13.4. The van der Waals surface area contributed by atoms with E-state index in [2.05, 4.69) is 26.2 Å². The molecule has 0 bridgehead atoms. The molecule has 132 valence electrons. The van der Waals surface area contributed by atoms with Gasteiger partial charge in [-0.2, -0.15) is 0 Å². The van der Waals surface area contributed by atoms with Crippen molar-refractivity contribution < 1.29 is 14.0 Å². The van der Waals surface area contributed by atoms with Gasteiger partial charge in [-0.25, -0.2) is 9.07 Å². The highest BCUT2D eigenvalue weighted by atomic mass is 19.1. The van der Waals surface area contributed by atoms with Crippen LogP contribution >= 0.6 is 0 Å². The summed E-state index contributed by atoms with van der Waals surface area (Å²) in [5.74, 6) is -0.831. The predicted molar refractivity (Wildman–Crippen MR) is 85.8 cm³/mol. The normalized spacial score (nSPS) is 17.3. The van der Waals surface area contributed by atoms with Gasteiger partial charge in [0.2, 0.25) is 11.8 Å². The summed E-state index contributed by atoms with van der Waals surface area (Å²) in [6, 6.07) is 4.87. The highest BCUT2D eigenvalue weighted by molar-refractivity contribution is 5.97. The monoisotopic (exact) mass is 347 g/mol. The average molecular weight is 347 g/mol. The topological polar surface area (TPSA) is 105 Å². The maximum Gasteiger partial charge on any atom is 0.248 e. The second kappa shape index (κ2) is 7.79. The Morgan fingerprint density at radius 1 is 1.32 bits per heavy atom. The molecule has 1 atom stereocenters. The minimum atomic E-state index is -0.625. The molecule has 0 unspecified atom stereocenters. The number of halogens is 1. The summed E-state index contributed by atoms with van der Waals surface area (Å²) in [6.07, 6.45) is 1.63. The van der Waals surface area contributed by atoms with Gasteiger partial charge in [-0.1, -0.05) is 0 Å². The molecule has 0 aliphatic carbocycles. The van der Waals surface area contributed by atoms with Crippen LogP contribution in [0.3, 0.4) is 0 Å². The molecule has 3 rings (SSSR count). The molecule has 1 saturated heterocycles. The molecular weight excluding hydrogens is 329 g/mol. The number of carbonyl (C=O) groups is 2. The molecular formula is C15H18FN7O2. The van der Waals surface area contributed by atoms with Crippen LogP contribution in [0.2, 0.25) is 0 Å². The van der Waals surface area contributed by atoms with E-state index in [9.17, 15) is 14.0 Å². The van der Waals surface area contributed by atoms with Crippen molar-refractivity contribution in [3.8, 4) is 0 Å². The van der Waals surface area contributed by atoms with Crippen LogP contribution in [-0.4, -0.2) is 62.6 Å². The minimum absolute atomic E-state index is 0.142. The van der Waals surface area contributed by atoms with E-state index in [-0.39, 0.29) is 24.1 Å². The van der Waals surface area contributed by atoms with Crippen molar-refractivity contribution >= 4 is 17.5 Å². The fourth-order valence-electron chi connectivity index (χ4n) is 2.63. The van der Waals surface area contributed by atoms with Gasteiger partial charge in [-0.15, -0.1) is 5.10 Å². The third-order valence-electron chi connectivity index (χ3n) is 3.92. The first-order valence-electron chi connectivity index (χ1n) is 7.91. The van der Waals surface area contributed by atoms with Crippen LogP contribution in [0.5, 0.6) is 0 Å². The lowest BCUT2D eigenvalue weighted by Gasteiger charge is -2.35. The van der Waals surface area contributed by atoms with Crippen molar-refractivity contribution in [3.63, 3.8) is 0 Å². The van der Waals surface area contributed by atoms with E-state index in [1.807, 2.05) is 0 Å². The quantitative estimate of drug-likeness (QED) is 0.765. The number of aromatic nitrogens is 4. The third kappa shape index (κ3) is 4.35. The number of nitrogens with one attached hydrogen (secondary N) is 2. The first-order chi connectivity index (χ1) is 12.1. The molecule has 1 aliphatic heterocycles. The fourth-order valence-corrected chi connectivity index (χ4v) is 2.63. The molecule has 0 spiro atoms. The Bertz CT molecular complexity index is 720. The second-order valence-corrected chi connectivity index (χ2v) is 5.63. The number of anilines is 1. The third-order valence-corrected chi connectivity index (χ3v) is 3.92. The first-order valence-corrected chi connectivity index (χ1v) is 7.91. The molecule has 25 heavy (non-hydrogen) atoms. The number of nitrogens with zero attached hydrogens (tertiary/aromatic N) is 5. The zero-order chi connectivity index (χ0) is 17.6. The van der Waals surface area contributed by atoms with Gasteiger partial charge in [0.25, 0.3) is 0 Å². The van der Waals surface area contributed by atoms with Crippen LogP contribution in [0.15, 0.2) is 30.6 Å². The number of aryl methyl sites for hydroxylation is 1. The Balaban J connectivity index is 1.62. The van der Waals surface area contributed by atoms with E-state index in [4.69, 9.17) is 0 Å². The smallest absolute Gasteiger partial charge is 0.248 e. The summed E-state index contributed by atoms with van der Waals surface area (Å²) < 4.78 is 14.4. The molecule has 1 aromatic carbocycles. The molecule has 2 amide bonds. The Labute approximate surface area is 143 Å². The van der Waals surface area contributed by atoms with Crippen molar-refractivity contribution in [3.05, 3.63) is 36.4 Å². The average Bonchev–Trinajstić information content (AvgIpc) is 3.15. The Hall–Kier alpha value is -2.88. The van der Waals surface area contributed by atoms with E-state index >= 15 is 0 Å². The lowest BCUT2D eigenvalue weighted by Crippen LogP contribution is -2.58. The van der Waals surface area contributed by atoms with Crippen molar-refractivity contribution in [1.29, 1.82) is 0 Å². The van der Waals surface area contributed by atoms with E-state index < -0.39 is 6.04 Å². The van der Waals surface area contributed by atoms with E-state index in [1.54, 1.807) is 4.90 Å². The molecule has 2 N–H and O–H groups in total. The van der Waals surface area contributed by atoms with Crippen molar-refractivity contribution in [2.75, 3.05) is 25.0 Å². The number of carbonyl (C=O) groups excluding carboxylic acids is 2. The SMILES string of the molecule is O=C(Nc1ccc(F)cc1)[C@H]1CNCCN1C(=O)CCn1cnnn1. The number of hydrogen-bond acceptors (Lipinski definition) is 6. The van der Waals surface area contributed by atoms with Crippen LogP contribution in [0, 0.1) is 5.82 Å². The molecule has 1 aromatic heterocycles. The summed E-state index contributed by atoms with van der Waals surface area (Å²) in [6.45, 7) is 1.78. The number of rotatable bonds is 5. The van der Waals surface area contributed by atoms with Crippen molar-refractivity contribution in [2.45, 2.75) is 19.0 Å². The Morgan fingerprint density at radius 3 is 2.84 bits per heavy atom. The van der Waals surface area contributed by atoms with Crippen LogP contribution in [-0.2, 0) is 16.1 Å². The summed E-state index contributed by atoms with van der Waals surface area (Å²) in [5, 5.41) is 16.6. The van der Waals surface area contributed by atoms with Gasteiger partial charge in [0.15, 0.2) is 0 Å². The van der Waals surface area contributed by atoms with Crippen LogP contribution in [0.25, 0.3) is 0 Å². The van der Waals surface area contributed by atoms with Crippen LogP contribution in [0.1, 0.15) is 6.42 Å². The molecule has 1 aliphatic rings. The van der Waals surface area contributed by atoms with Gasteiger partial charge in [0.05, 0.1) is 6.54 Å². The van der Waals surface area contributed by atoms with Crippen LogP contribution < -0.4 is 10.6 Å². The molecule has 1 fully saturated rings. The van der Waals surface area contributed by atoms with Gasteiger partial charge in [0, 0.05) is 31.7 Å². The molecule has 2 aromatic rings. The van der Waals surface area contributed by atoms with E-state index in [0.717, 1.165) is 0 Å². The van der Waals surface area contributed by atoms with Gasteiger partial charge < -0.3 is 15.5 Å². The van der Waals surface area contributed by atoms with Crippen molar-refractivity contribution in [2.24, 2.45) is 0 Å². The predicted octanol–water partition coefficient (Wildman–Crippen LogP) is -0.359. The van der Waals surface area contributed by atoms with Gasteiger partial charge in [-0.3, -0.25) is 9.59 Å². The molecule has 2 heterocycles. The summed E-state index contributed by atoms with van der Waals surface area (Å²) >= 11 is 0. The molecule has 10 heteroatoms. The molecule has 0 saturated carbocycles. The van der Waals surface area contributed by atoms with Gasteiger partial charge in [0.1, 0.15) is 18.2 Å². The lowest BCUT2D eigenvalue weighted by atomic mass is 10.1. The molecule has 0 radical (unpaired) electrons. The first kappa shape index (κ1) is 17.0. The Kier molecular flexibility index (Phi) is 5.29. The maximum atomic E-state index is 13.0. The maximum absolute atomic E-state index is 13.0. The summed E-state index contributed by atoms with van der Waals surface area (Å²) in [4.78, 5) is 26.6. The second-order valence-electron chi connectivity index (χ2n) is 5.63. The largest absolute Gasteiger partial charge is 0.328 e. The standard InChI is InChI=1S/C15H18FN7O2/c16-11-1-3-12(4-2-11)19-15(25)13-9-17-6-8-23(13)14(24)5-7-22-10-18-20-21-22/h1-4,10,13,17H,5-9H2,(H,19,25)/t13-/m1/s1. The minimum Gasteiger partial charge on any atom is -0.328 e. The fraction of sp³-hybridized carbons (Fsp3) is 0.400. The van der Waals surface area contributed by atoms with E-state index in [0.29, 0.717) is 31.9 Å². The number of amides is 2. The summed E-state index contributed by atoms with van der Waals surface area (Å²) in [5.41, 5.74) is 0.484. The lowest BCUT2D eigenvalue weighted by molar-refractivity contribution is -0.139. The van der Waals surface area contributed by atoms with Crippen molar-refractivity contribution in [1.82, 2.24) is 30.4 Å². The van der Waals surface area contributed by atoms with Gasteiger partial charge in [-0.05, 0) is 34.7 Å². The zero-order valence-electron chi connectivity index (χ0n) is 13.4. The summed E-state index contributed by atoms with van der Waals surface area (Å²) in [7, 11) is 0. The highest BCUT2D eigenvalue weighted by Gasteiger charge is 2.31. The molecule has 9 nitrogen and oxygen atoms in total. The highest BCUT2D eigenvalue weighted by Crippen LogP contribution is 2.12. The number of piperazine rings is 1. The number of hydrogen-bond donors (Lipinski definition) is 2. The van der Waals surface area contributed by atoms with Gasteiger partial charge >= 0.3 is 0 Å². The number of tetrazole rings is 1. The number of benzene rings is 1. The van der Waals surface area contributed by atoms with E-state index in [1.165, 1.54) is 35.3 Å². The Morgan fingerprint density at radius 2 is 2.12 bits per heavy atom. The van der Waals surface area contributed by atoms with Crippen LogP contribution in [0.4, 0.5) is 10.1 Å².